The van der Waals surface area contributed by atoms with E-state index in [1.807, 2.05) is 18.7 Å². The van der Waals surface area contributed by atoms with E-state index in [0.717, 1.165) is 29.9 Å². The minimum Gasteiger partial charge on any atom is -0.352 e. The van der Waals surface area contributed by atoms with Crippen LogP contribution in [0, 0.1) is 5.92 Å². The summed E-state index contributed by atoms with van der Waals surface area (Å²) < 4.78 is 0. The number of nitrogens with one attached hydrogen (secondary N) is 1. The number of thioether (sulfide) groups is 1. The molecule has 0 saturated carbocycles. The number of amides is 1. The van der Waals surface area contributed by atoms with Crippen molar-refractivity contribution in [3.63, 3.8) is 0 Å². The number of rotatable bonds is 3. The first-order chi connectivity index (χ1) is 6.20. The summed E-state index contributed by atoms with van der Waals surface area (Å²) in [5, 5.41) is 2.90. The van der Waals surface area contributed by atoms with Crippen LogP contribution in [0.2, 0.25) is 0 Å². The Hall–Kier alpha value is -0.440. The summed E-state index contributed by atoms with van der Waals surface area (Å²) in [6, 6.07) is 0. The van der Waals surface area contributed by atoms with Gasteiger partial charge in [0, 0.05) is 12.5 Å². The van der Waals surface area contributed by atoms with Gasteiger partial charge in [-0.3, -0.25) is 4.79 Å². The van der Waals surface area contributed by atoms with Crippen molar-refractivity contribution in [2.75, 3.05) is 18.1 Å². The Morgan fingerprint density at radius 2 is 2.15 bits per heavy atom. The summed E-state index contributed by atoms with van der Waals surface area (Å²) >= 11 is 1.94. The summed E-state index contributed by atoms with van der Waals surface area (Å²) in [7, 11) is 0. The zero-order chi connectivity index (χ0) is 9.68. The Bertz CT molecular complexity index is 197. The molecule has 0 spiro atoms. The van der Waals surface area contributed by atoms with Gasteiger partial charge in [-0.2, -0.15) is 11.8 Å². The molecule has 0 atom stereocenters. The molecule has 0 radical (unpaired) electrons. The highest BCUT2D eigenvalue weighted by Crippen LogP contribution is 2.22. The van der Waals surface area contributed by atoms with E-state index in [4.69, 9.17) is 0 Å². The molecule has 1 saturated heterocycles. The zero-order valence-corrected chi connectivity index (χ0v) is 8.95. The minimum atomic E-state index is 0.211. The van der Waals surface area contributed by atoms with Crippen molar-refractivity contribution in [3.8, 4) is 0 Å². The van der Waals surface area contributed by atoms with E-state index in [9.17, 15) is 4.79 Å². The standard InChI is InChI=1S/C10H17NOS/c1-8(2)7-11-10(12)9-3-5-13-6-4-9/h9H,1,3-7H2,2H3,(H,11,12). The van der Waals surface area contributed by atoms with Crippen LogP contribution in [0.25, 0.3) is 0 Å². The van der Waals surface area contributed by atoms with E-state index in [0.29, 0.717) is 6.54 Å². The van der Waals surface area contributed by atoms with Gasteiger partial charge < -0.3 is 5.32 Å². The topological polar surface area (TPSA) is 29.1 Å². The predicted octanol–water partition coefficient (Wildman–Crippen LogP) is 1.82. The second-order valence-electron chi connectivity index (χ2n) is 3.56. The van der Waals surface area contributed by atoms with Gasteiger partial charge in [0.05, 0.1) is 0 Å². The molecule has 1 heterocycles. The number of hydrogen-bond acceptors (Lipinski definition) is 2. The van der Waals surface area contributed by atoms with Gasteiger partial charge in [0.2, 0.25) is 5.91 Å². The average molecular weight is 199 g/mol. The van der Waals surface area contributed by atoms with Crippen molar-refractivity contribution in [2.45, 2.75) is 19.8 Å². The average Bonchev–Trinajstić information content (AvgIpc) is 2.15. The van der Waals surface area contributed by atoms with Crippen LogP contribution < -0.4 is 5.32 Å². The fourth-order valence-corrected chi connectivity index (χ4v) is 2.45. The summed E-state index contributed by atoms with van der Waals surface area (Å²) in [5.41, 5.74) is 1.01. The lowest BCUT2D eigenvalue weighted by Gasteiger charge is -2.20. The van der Waals surface area contributed by atoms with E-state index in [1.165, 1.54) is 0 Å². The molecule has 0 aliphatic carbocycles. The molecule has 0 unspecified atom stereocenters. The lowest BCUT2D eigenvalue weighted by atomic mass is 10.0. The van der Waals surface area contributed by atoms with Crippen molar-refractivity contribution in [1.29, 1.82) is 0 Å². The first-order valence-electron chi connectivity index (χ1n) is 4.70. The fraction of sp³-hybridized carbons (Fsp3) is 0.700. The summed E-state index contributed by atoms with van der Waals surface area (Å²) in [5.74, 6) is 2.72. The van der Waals surface area contributed by atoms with E-state index >= 15 is 0 Å². The summed E-state index contributed by atoms with van der Waals surface area (Å²) in [4.78, 5) is 11.5. The van der Waals surface area contributed by atoms with Gasteiger partial charge in [-0.05, 0) is 31.3 Å². The third kappa shape index (κ3) is 3.85. The first kappa shape index (κ1) is 10.6. The van der Waals surface area contributed by atoms with Crippen LogP contribution in [0.15, 0.2) is 12.2 Å². The van der Waals surface area contributed by atoms with Crippen molar-refractivity contribution in [3.05, 3.63) is 12.2 Å². The van der Waals surface area contributed by atoms with Crippen molar-refractivity contribution in [1.82, 2.24) is 5.32 Å². The van der Waals surface area contributed by atoms with Crippen molar-refractivity contribution in [2.24, 2.45) is 5.92 Å². The maximum atomic E-state index is 11.5. The van der Waals surface area contributed by atoms with Crippen LogP contribution >= 0.6 is 11.8 Å². The molecule has 1 fully saturated rings. The zero-order valence-electron chi connectivity index (χ0n) is 8.14. The first-order valence-corrected chi connectivity index (χ1v) is 5.85. The van der Waals surface area contributed by atoms with Gasteiger partial charge in [-0.25, -0.2) is 0 Å². The van der Waals surface area contributed by atoms with Crippen molar-refractivity contribution >= 4 is 17.7 Å². The van der Waals surface area contributed by atoms with Gasteiger partial charge in [-0.15, -0.1) is 0 Å². The Morgan fingerprint density at radius 1 is 1.54 bits per heavy atom. The largest absolute Gasteiger partial charge is 0.352 e. The molecule has 0 aromatic carbocycles. The summed E-state index contributed by atoms with van der Waals surface area (Å²) in [6.07, 6.45) is 2.07. The molecule has 1 aliphatic heterocycles. The van der Waals surface area contributed by atoms with Crippen molar-refractivity contribution < 1.29 is 4.79 Å². The second-order valence-corrected chi connectivity index (χ2v) is 4.79. The summed E-state index contributed by atoms with van der Waals surface area (Å²) in [6.45, 7) is 6.31. The monoisotopic (exact) mass is 199 g/mol. The highest BCUT2D eigenvalue weighted by atomic mass is 32.2. The van der Waals surface area contributed by atoms with E-state index in [-0.39, 0.29) is 11.8 Å². The van der Waals surface area contributed by atoms with Gasteiger partial charge in [0.1, 0.15) is 0 Å². The Kier molecular flexibility index (Phi) is 4.36. The van der Waals surface area contributed by atoms with Crippen LogP contribution in [0.4, 0.5) is 0 Å². The molecule has 1 N–H and O–H groups in total. The molecule has 1 rings (SSSR count). The highest BCUT2D eigenvalue weighted by Gasteiger charge is 2.20. The molecular formula is C10H17NOS. The fourth-order valence-electron chi connectivity index (χ4n) is 1.34. The quantitative estimate of drug-likeness (QED) is 0.702. The molecule has 13 heavy (non-hydrogen) atoms. The lowest BCUT2D eigenvalue weighted by Crippen LogP contribution is -2.33. The van der Waals surface area contributed by atoms with Gasteiger partial charge in [0.15, 0.2) is 0 Å². The smallest absolute Gasteiger partial charge is 0.223 e. The third-order valence-electron chi connectivity index (χ3n) is 2.16. The second kappa shape index (κ2) is 5.32. The Morgan fingerprint density at radius 3 is 2.69 bits per heavy atom. The maximum absolute atomic E-state index is 11.5. The molecule has 3 heteroatoms. The molecule has 0 bridgehead atoms. The minimum absolute atomic E-state index is 0.211. The maximum Gasteiger partial charge on any atom is 0.223 e. The van der Waals surface area contributed by atoms with Gasteiger partial charge >= 0.3 is 0 Å². The SMILES string of the molecule is C=C(C)CNC(=O)C1CCSCC1. The van der Waals surface area contributed by atoms with Gasteiger partial charge in [-0.1, -0.05) is 12.2 Å². The van der Waals surface area contributed by atoms with E-state index < -0.39 is 0 Å². The molecule has 1 amide bonds. The van der Waals surface area contributed by atoms with Gasteiger partial charge in [0.25, 0.3) is 0 Å². The Labute approximate surface area is 84.2 Å². The van der Waals surface area contributed by atoms with Crippen LogP contribution in [0.5, 0.6) is 0 Å². The molecule has 74 valence electrons. The highest BCUT2D eigenvalue weighted by molar-refractivity contribution is 7.99. The third-order valence-corrected chi connectivity index (χ3v) is 3.21. The normalized spacial score (nSPS) is 18.2. The number of hydrogen-bond donors (Lipinski definition) is 1. The van der Waals surface area contributed by atoms with Crippen LogP contribution in [0.1, 0.15) is 19.8 Å². The van der Waals surface area contributed by atoms with Crippen LogP contribution in [-0.4, -0.2) is 24.0 Å². The molecule has 0 aromatic heterocycles. The number of carbonyl (C=O) groups is 1. The van der Waals surface area contributed by atoms with E-state index in [1.54, 1.807) is 0 Å². The van der Waals surface area contributed by atoms with Crippen LogP contribution in [-0.2, 0) is 4.79 Å². The molecular weight excluding hydrogens is 182 g/mol. The van der Waals surface area contributed by atoms with Crippen LogP contribution in [0.3, 0.4) is 0 Å². The molecule has 1 aliphatic rings. The lowest BCUT2D eigenvalue weighted by molar-refractivity contribution is -0.125. The molecule has 0 aromatic rings. The molecule has 2 nitrogen and oxygen atoms in total. The Balaban J connectivity index is 2.25. The number of carbonyl (C=O) groups excluding carboxylic acids is 1. The predicted molar refractivity (Wildman–Crippen MR) is 57.9 cm³/mol. The van der Waals surface area contributed by atoms with E-state index in [2.05, 4.69) is 11.9 Å².